The quantitative estimate of drug-likeness (QED) is 0.0482. The second-order valence-electron chi connectivity index (χ2n) is 16.5. The predicted molar refractivity (Wildman–Crippen MR) is 244 cm³/mol. The number of H-pyrrole nitrogens is 1. The molecule has 21 nitrogen and oxygen atoms in total. The van der Waals surface area contributed by atoms with Crippen LogP contribution in [0.5, 0.6) is 0 Å². The number of rotatable bonds is 11. The van der Waals surface area contributed by atoms with Gasteiger partial charge in [-0.1, -0.05) is 25.1 Å². The zero-order chi connectivity index (χ0) is 46.0. The molecular formula is C39H56B2Cs2N10O11S3. The van der Waals surface area contributed by atoms with Crippen molar-refractivity contribution in [3.8, 4) is 0 Å². The number of nitrogens with one attached hydrogen (secondary N) is 1. The van der Waals surface area contributed by atoms with Crippen molar-refractivity contribution in [2.45, 2.75) is 80.9 Å². The molecule has 0 bridgehead atoms. The van der Waals surface area contributed by atoms with Crippen LogP contribution in [0.25, 0.3) is 22.3 Å². The van der Waals surface area contributed by atoms with Gasteiger partial charge in [0.05, 0.1) is 15.4 Å². The molecule has 0 atom stereocenters. The number of aromatic amines is 1. The van der Waals surface area contributed by atoms with Crippen molar-refractivity contribution in [3.63, 3.8) is 0 Å². The Morgan fingerprint density at radius 3 is 1.63 bits per heavy atom. The van der Waals surface area contributed by atoms with Crippen molar-refractivity contribution < 1.29 is 189 Å². The van der Waals surface area contributed by atoms with E-state index in [1.807, 2.05) is 13.1 Å². The molecule has 1 aromatic carbocycles. The van der Waals surface area contributed by atoms with Crippen molar-refractivity contribution in [3.05, 3.63) is 78.1 Å². The Morgan fingerprint density at radius 2 is 1.16 bits per heavy atom. The van der Waals surface area contributed by atoms with Crippen LogP contribution in [0.4, 0.5) is 0 Å². The number of benzene rings is 1. The van der Waals surface area contributed by atoms with Gasteiger partial charge in [0.15, 0.2) is 11.3 Å². The Balaban J connectivity index is 0.000000329. The van der Waals surface area contributed by atoms with E-state index in [1.54, 1.807) is 76.6 Å². The van der Waals surface area contributed by atoms with Gasteiger partial charge in [-0.3, -0.25) is 14.8 Å². The summed E-state index contributed by atoms with van der Waals surface area (Å²) in [6, 6.07) is 6.66. The first-order valence-corrected chi connectivity index (χ1v) is 25.4. The monoisotopic (exact) mass is 1220 g/mol. The van der Waals surface area contributed by atoms with Gasteiger partial charge in [0.2, 0.25) is 20.0 Å². The number of aromatic nitrogens is 6. The molecule has 5 aromatic rings. The number of carbonyl (C=O) groups is 1. The summed E-state index contributed by atoms with van der Waals surface area (Å²) in [7, 11) is -11.8. The molecule has 0 spiro atoms. The van der Waals surface area contributed by atoms with Crippen LogP contribution in [0.15, 0.2) is 66.3 Å². The third-order valence-corrected chi connectivity index (χ3v) is 18.6. The molecule has 4 aromatic heterocycles. The minimum absolute atomic E-state index is 0. The van der Waals surface area contributed by atoms with Crippen LogP contribution in [0.2, 0.25) is 13.6 Å². The van der Waals surface area contributed by atoms with Gasteiger partial charge in [0.25, 0.3) is 16.5 Å². The molecule has 0 amide bonds. The number of hydrogen-bond donors (Lipinski definition) is 3. The third-order valence-electron chi connectivity index (χ3n) is 12.5. The molecule has 4 saturated heterocycles. The Bertz CT molecular complexity index is 2760. The number of carbonyl (C=O) groups excluding carboxylic acids is 1. The maximum atomic E-state index is 13.4. The fourth-order valence-corrected chi connectivity index (χ4v) is 13.7. The second-order valence-corrected chi connectivity index (χ2v) is 22.7. The summed E-state index contributed by atoms with van der Waals surface area (Å²) in [5.74, 6) is 0.262. The van der Waals surface area contributed by atoms with E-state index >= 15 is 0 Å². The number of nitrogens with zero attached hydrogens (tertiary/aromatic N) is 9. The molecule has 4 aliphatic rings. The zero-order valence-corrected chi connectivity index (χ0v) is 52.6. The third kappa shape index (κ3) is 13.3. The normalized spacial score (nSPS) is 18.4. The Kier molecular flexibility index (Phi) is 22.7. The molecule has 4 fully saturated rings. The predicted octanol–water partition coefficient (Wildman–Crippen LogP) is -5.27. The first-order chi connectivity index (χ1) is 30.5. The molecule has 0 aliphatic carbocycles. The Morgan fingerprint density at radius 1 is 0.731 bits per heavy atom. The summed E-state index contributed by atoms with van der Waals surface area (Å²) in [5, 5.41) is 26.7. The molecule has 28 heteroatoms. The van der Waals surface area contributed by atoms with Crippen molar-refractivity contribution >= 4 is 73.0 Å². The van der Waals surface area contributed by atoms with Gasteiger partial charge in [0, 0.05) is 101 Å². The van der Waals surface area contributed by atoms with Crippen LogP contribution >= 0.6 is 0 Å². The molecule has 3 N–H and O–H groups in total. The Labute approximate surface area is 512 Å². The SMILES string of the molecule is C.CB(O)N1CC(S(=O)(=O)N2CCC(c3c[nH]c4nccnc34)CC2)C1.CB(O)N1CC(S(=O)(=O)N2CCC(c3cn(S(=O)(=O)c4ccc(C)cc4)c4nccnc34)CC2)C1.O=CO[O-].[Cs+].[Cs+].[H-]. The van der Waals surface area contributed by atoms with Crippen LogP contribution < -0.4 is 143 Å². The van der Waals surface area contributed by atoms with Gasteiger partial charge in [0.1, 0.15) is 11.0 Å². The van der Waals surface area contributed by atoms with E-state index in [1.165, 1.54) is 14.5 Å². The fraction of sp³-hybridized carbons (Fsp3) is 0.513. The summed E-state index contributed by atoms with van der Waals surface area (Å²) in [6.07, 6.45) is 12.6. The fourth-order valence-electron chi connectivity index (χ4n) is 8.62. The molecule has 0 saturated carbocycles. The second kappa shape index (κ2) is 25.6. The van der Waals surface area contributed by atoms with Gasteiger partial charge >= 0.3 is 152 Å². The summed E-state index contributed by atoms with van der Waals surface area (Å²) < 4.78 is 82.7. The molecule has 354 valence electrons. The minimum Gasteiger partial charge on any atom is -1.00 e. The number of aryl methyl sites for hydroxylation is 1. The first kappa shape index (κ1) is 59.3. The number of fused-ring (bicyclic) bond motifs is 2. The molecule has 0 radical (unpaired) electrons. The van der Waals surface area contributed by atoms with E-state index in [-0.39, 0.29) is 170 Å². The van der Waals surface area contributed by atoms with Crippen molar-refractivity contribution in [2.75, 3.05) is 52.4 Å². The van der Waals surface area contributed by atoms with E-state index in [9.17, 15) is 35.3 Å². The molecular weight excluding hydrogens is 1170 g/mol. The number of sulfonamides is 2. The van der Waals surface area contributed by atoms with Gasteiger partial charge in [-0.15, -0.1) is 0 Å². The van der Waals surface area contributed by atoms with Crippen LogP contribution in [-0.4, -0.2) is 166 Å². The molecule has 8 heterocycles. The Hall–Kier alpha value is -0.266. The average Bonchev–Trinajstić information content (AvgIpc) is 3.86. The largest absolute Gasteiger partial charge is 1.00 e. The van der Waals surface area contributed by atoms with Gasteiger partial charge in [-0.2, -0.15) is 0 Å². The molecule has 0 unspecified atom stereocenters. The van der Waals surface area contributed by atoms with Crippen molar-refractivity contribution in [1.82, 2.24) is 47.1 Å². The van der Waals surface area contributed by atoms with Crippen LogP contribution in [0, 0.1) is 6.92 Å². The van der Waals surface area contributed by atoms with Crippen molar-refractivity contribution in [2.24, 2.45) is 0 Å². The van der Waals surface area contributed by atoms with E-state index in [0.717, 1.165) is 40.7 Å². The maximum Gasteiger partial charge on any atom is 1.00 e. The molecule has 67 heavy (non-hydrogen) atoms. The topological polar surface area (TPSA) is 277 Å². The summed E-state index contributed by atoms with van der Waals surface area (Å²) in [4.78, 5) is 35.5. The number of hydrogen-bond acceptors (Lipinski definition) is 17. The standard InChI is InChI=1S/C22H28BN5O5S2.C15H22BN5O3S.CH2O3.CH4.2Cs.H/c1-16-3-5-18(6-4-16)35(32,33)28-15-20(21-22(28)25-10-9-24-21)17-7-11-27(12-8-17)34(30,31)19-13-26(14-19)23(2)29;1-16(22)20-9-12(10-20)25(23,24)21-6-2-11(3-7-21)13-8-19-15-14(13)17-4-5-18-15;2-1-4-3;;;;/h3-6,9-10,15,17,19,29H,7-8,11-14H2,1-2H3;4-5,8,11-12,22H,2-3,6-7,9-10H2,1H3,(H,18,19);1,3H;1H4;;;/q;;;;2*+1;-1/p-1. The molecule has 9 rings (SSSR count). The smallest absolute Gasteiger partial charge is 1.00 e. The first-order valence-electron chi connectivity index (χ1n) is 20.9. The van der Waals surface area contributed by atoms with E-state index in [4.69, 9.17) is 10.1 Å². The van der Waals surface area contributed by atoms with Gasteiger partial charge in [-0.25, -0.2) is 47.8 Å². The van der Waals surface area contributed by atoms with E-state index in [0.29, 0.717) is 76.6 Å². The number of piperidine rings is 2. The van der Waals surface area contributed by atoms with Crippen LogP contribution in [0.3, 0.4) is 0 Å². The summed E-state index contributed by atoms with van der Waals surface area (Å²) in [5.41, 5.74) is 5.32. The summed E-state index contributed by atoms with van der Waals surface area (Å²) in [6.45, 7) is 8.29. The minimum atomic E-state index is -3.87. The van der Waals surface area contributed by atoms with E-state index in [2.05, 4.69) is 29.8 Å². The van der Waals surface area contributed by atoms with Crippen LogP contribution in [-0.2, 0) is 39.8 Å². The van der Waals surface area contributed by atoms with Gasteiger partial charge in [-0.05, 0) is 70.2 Å². The van der Waals surface area contributed by atoms with Gasteiger partial charge < -0.3 is 36.2 Å². The maximum absolute atomic E-state index is 13.4. The van der Waals surface area contributed by atoms with E-state index < -0.39 is 54.7 Å². The summed E-state index contributed by atoms with van der Waals surface area (Å²) >= 11 is 0. The van der Waals surface area contributed by atoms with Crippen molar-refractivity contribution in [1.29, 1.82) is 0 Å². The molecule has 4 aliphatic heterocycles. The zero-order valence-electron chi connectivity index (χ0n) is 38.6. The van der Waals surface area contributed by atoms with Crippen LogP contribution in [0.1, 0.15) is 63.1 Å². The average molecular weight is 1220 g/mol.